The van der Waals surface area contributed by atoms with E-state index in [4.69, 9.17) is 9.47 Å². The van der Waals surface area contributed by atoms with Crippen molar-refractivity contribution in [1.82, 2.24) is 24.2 Å². The van der Waals surface area contributed by atoms with Gasteiger partial charge in [0.25, 0.3) is 0 Å². The summed E-state index contributed by atoms with van der Waals surface area (Å²) in [5.41, 5.74) is 1.78. The van der Waals surface area contributed by atoms with Crippen LogP contribution in [0.3, 0.4) is 0 Å². The maximum Gasteiger partial charge on any atom is 0.410 e. The van der Waals surface area contributed by atoms with Crippen LogP contribution in [0, 0.1) is 17.8 Å². The number of aromatic hydroxyl groups is 1. The Bertz CT molecular complexity index is 1480. The zero-order valence-corrected chi connectivity index (χ0v) is 25.5. The zero-order chi connectivity index (χ0) is 30.0. The number of amides is 1. The molecule has 9 nitrogen and oxygen atoms in total. The second-order valence-electron chi connectivity index (χ2n) is 13.2. The van der Waals surface area contributed by atoms with Gasteiger partial charge in [-0.05, 0) is 90.4 Å². The molecule has 1 saturated carbocycles. The van der Waals surface area contributed by atoms with Gasteiger partial charge in [0.2, 0.25) is 5.78 Å². The second kappa shape index (κ2) is 12.6. The molecule has 0 atom stereocenters. The van der Waals surface area contributed by atoms with Crippen molar-refractivity contribution in [3.8, 4) is 28.8 Å². The fraction of sp³-hybridized carbons (Fsp3) is 0.559. The molecule has 0 radical (unpaired) electrons. The molecule has 0 bridgehead atoms. The Kier molecular flexibility index (Phi) is 8.60. The average Bonchev–Trinajstić information content (AvgIpc) is 3.38. The van der Waals surface area contributed by atoms with Crippen LogP contribution in [0.1, 0.15) is 71.3 Å². The van der Waals surface area contributed by atoms with Crippen LogP contribution in [0.4, 0.5) is 4.79 Å². The number of hydrogen-bond donors (Lipinski definition) is 1. The number of aromatic nitrogens is 3. The van der Waals surface area contributed by atoms with E-state index in [0.29, 0.717) is 48.2 Å². The van der Waals surface area contributed by atoms with Crippen LogP contribution in [0.25, 0.3) is 17.0 Å². The first-order valence-corrected chi connectivity index (χ1v) is 15.7. The molecule has 3 fully saturated rings. The van der Waals surface area contributed by atoms with Gasteiger partial charge >= 0.3 is 6.09 Å². The lowest BCUT2D eigenvalue weighted by Gasteiger charge is -2.46. The highest BCUT2D eigenvalue weighted by molar-refractivity contribution is 5.68. The Labute approximate surface area is 254 Å². The normalized spacial score (nSPS) is 22.2. The molecule has 3 aliphatic rings. The van der Waals surface area contributed by atoms with E-state index in [1.54, 1.807) is 18.3 Å². The van der Waals surface area contributed by atoms with Crippen molar-refractivity contribution in [2.75, 3.05) is 26.2 Å². The largest absolute Gasteiger partial charge is 0.507 e. The smallest absolute Gasteiger partial charge is 0.410 e. The van der Waals surface area contributed by atoms with E-state index in [1.165, 1.54) is 12.8 Å². The maximum atomic E-state index is 12.3. The second-order valence-corrected chi connectivity index (χ2v) is 13.2. The van der Waals surface area contributed by atoms with E-state index in [9.17, 15) is 9.90 Å². The van der Waals surface area contributed by atoms with Gasteiger partial charge in [-0.1, -0.05) is 24.0 Å². The third-order valence-corrected chi connectivity index (χ3v) is 8.83. The predicted octanol–water partition coefficient (Wildman–Crippen LogP) is 5.50. The molecule has 9 heteroatoms. The van der Waals surface area contributed by atoms with Gasteiger partial charge in [0.1, 0.15) is 11.4 Å². The van der Waals surface area contributed by atoms with Gasteiger partial charge in [-0.25, -0.2) is 14.8 Å². The standard InChI is InChI=1S/C34H43N5O4/c1-34(2,3)43-33(41)38-17-13-27(14-18-38)42-28-19-26(20-28)37-15-11-24(12-16-37)7-6-8-25-21-35-32-36-30(23-39(32)22-25)29-9-4-5-10-31(29)40/h4-5,9-10,21-24,26-28,40H,7,11-20H2,1-3H3/t26-,28+. The Morgan fingerprint density at radius 3 is 2.49 bits per heavy atom. The van der Waals surface area contributed by atoms with Gasteiger partial charge in [-0.2, -0.15) is 0 Å². The van der Waals surface area contributed by atoms with Crippen molar-refractivity contribution in [3.05, 3.63) is 48.4 Å². The number of imidazole rings is 1. The molecule has 2 saturated heterocycles. The molecule has 3 aromatic rings. The summed E-state index contributed by atoms with van der Waals surface area (Å²) in [7, 11) is 0. The van der Waals surface area contributed by atoms with Crippen LogP contribution in [-0.4, -0.2) is 85.4 Å². The van der Waals surface area contributed by atoms with Crippen molar-refractivity contribution >= 4 is 11.9 Å². The molecule has 2 aliphatic heterocycles. The van der Waals surface area contributed by atoms with Crippen molar-refractivity contribution in [1.29, 1.82) is 0 Å². The number of benzene rings is 1. The number of nitrogens with zero attached hydrogens (tertiary/aromatic N) is 5. The minimum absolute atomic E-state index is 0.205. The fourth-order valence-corrected chi connectivity index (χ4v) is 6.31. The molecular weight excluding hydrogens is 542 g/mol. The topological polar surface area (TPSA) is 92.4 Å². The van der Waals surface area contributed by atoms with Crippen LogP contribution in [0.15, 0.2) is 42.9 Å². The van der Waals surface area contributed by atoms with E-state index in [2.05, 4.69) is 26.7 Å². The van der Waals surface area contributed by atoms with Gasteiger partial charge in [0.05, 0.1) is 23.5 Å². The number of piperidine rings is 2. The van der Waals surface area contributed by atoms with Crippen molar-refractivity contribution in [2.24, 2.45) is 5.92 Å². The summed E-state index contributed by atoms with van der Waals surface area (Å²) in [6.07, 6.45) is 13.3. The van der Waals surface area contributed by atoms with Crippen LogP contribution >= 0.6 is 0 Å². The first kappa shape index (κ1) is 29.5. The molecule has 0 spiro atoms. The van der Waals surface area contributed by atoms with Gasteiger partial charge in [0, 0.05) is 49.7 Å². The number of hydrogen-bond acceptors (Lipinski definition) is 7. The van der Waals surface area contributed by atoms with Gasteiger partial charge < -0.3 is 24.4 Å². The lowest BCUT2D eigenvalue weighted by Crippen LogP contribution is -2.52. The van der Waals surface area contributed by atoms with E-state index in [0.717, 1.165) is 50.8 Å². The molecule has 1 aromatic carbocycles. The molecule has 0 unspecified atom stereocenters. The first-order valence-electron chi connectivity index (χ1n) is 15.7. The molecule has 6 rings (SSSR count). The SMILES string of the molecule is CC(C)(C)OC(=O)N1CCC(O[C@H]2C[C@@H](N3CCC(CC#Cc4cnc5nc(-c6ccccc6O)cn5c4)CC3)C2)CC1. The zero-order valence-electron chi connectivity index (χ0n) is 25.5. The van der Waals surface area contributed by atoms with Gasteiger partial charge in [-0.3, -0.25) is 4.40 Å². The number of ether oxygens (including phenoxy) is 2. The first-order chi connectivity index (χ1) is 20.7. The monoisotopic (exact) mass is 585 g/mol. The Morgan fingerprint density at radius 1 is 1.02 bits per heavy atom. The lowest BCUT2D eigenvalue weighted by molar-refractivity contribution is -0.106. The van der Waals surface area contributed by atoms with E-state index < -0.39 is 5.60 Å². The van der Waals surface area contributed by atoms with Crippen molar-refractivity contribution < 1.29 is 19.4 Å². The number of phenolic OH excluding ortho intramolecular Hbond substituents is 1. The Balaban J connectivity index is 0.902. The van der Waals surface area contributed by atoms with Crippen molar-refractivity contribution in [2.45, 2.75) is 89.6 Å². The third kappa shape index (κ3) is 7.31. The highest BCUT2D eigenvalue weighted by Crippen LogP contribution is 2.34. The van der Waals surface area contributed by atoms with Crippen LogP contribution < -0.4 is 0 Å². The number of fused-ring (bicyclic) bond motifs is 1. The van der Waals surface area contributed by atoms with Gasteiger partial charge in [0.15, 0.2) is 0 Å². The molecular formula is C34H43N5O4. The highest BCUT2D eigenvalue weighted by Gasteiger charge is 2.38. The average molecular weight is 586 g/mol. The Hall–Kier alpha value is -3.61. The maximum absolute atomic E-state index is 12.3. The molecule has 1 amide bonds. The minimum Gasteiger partial charge on any atom is -0.507 e. The molecule has 2 aromatic heterocycles. The van der Waals surface area contributed by atoms with Crippen molar-refractivity contribution in [3.63, 3.8) is 0 Å². The molecule has 43 heavy (non-hydrogen) atoms. The summed E-state index contributed by atoms with van der Waals surface area (Å²) in [6.45, 7) is 9.41. The molecule has 228 valence electrons. The van der Waals surface area contributed by atoms with Crippen LogP contribution in [0.2, 0.25) is 0 Å². The number of phenols is 1. The summed E-state index contributed by atoms with van der Waals surface area (Å²) < 4.78 is 13.8. The predicted molar refractivity (Wildman–Crippen MR) is 165 cm³/mol. The summed E-state index contributed by atoms with van der Waals surface area (Å²) in [5, 5.41) is 10.2. The fourth-order valence-electron chi connectivity index (χ4n) is 6.31. The molecule has 1 aliphatic carbocycles. The van der Waals surface area contributed by atoms with E-state index in [-0.39, 0.29) is 17.9 Å². The summed E-state index contributed by atoms with van der Waals surface area (Å²) in [5.74, 6) is 8.11. The van der Waals surface area contributed by atoms with Crippen LogP contribution in [-0.2, 0) is 9.47 Å². The van der Waals surface area contributed by atoms with E-state index in [1.807, 2.05) is 54.6 Å². The number of carbonyl (C=O) groups is 1. The van der Waals surface area contributed by atoms with E-state index >= 15 is 0 Å². The quantitative estimate of drug-likeness (QED) is 0.395. The Morgan fingerprint density at radius 2 is 1.77 bits per heavy atom. The van der Waals surface area contributed by atoms with Gasteiger partial charge in [-0.15, -0.1) is 0 Å². The highest BCUT2D eigenvalue weighted by atomic mass is 16.6. The van der Waals surface area contributed by atoms with Crippen LogP contribution in [0.5, 0.6) is 5.75 Å². The third-order valence-electron chi connectivity index (χ3n) is 8.83. The number of likely N-dealkylation sites (tertiary alicyclic amines) is 2. The number of carbonyl (C=O) groups excluding carboxylic acids is 1. The summed E-state index contributed by atoms with van der Waals surface area (Å²) >= 11 is 0. The number of rotatable bonds is 5. The number of para-hydroxylation sites is 1. The summed E-state index contributed by atoms with van der Waals surface area (Å²) in [4.78, 5) is 25.8. The molecule has 1 N–H and O–H groups in total. The molecule has 4 heterocycles. The lowest BCUT2D eigenvalue weighted by atomic mass is 9.84. The summed E-state index contributed by atoms with van der Waals surface area (Å²) in [6, 6.07) is 7.82. The minimum atomic E-state index is -0.455.